The lowest BCUT2D eigenvalue weighted by Crippen LogP contribution is -2.53. The summed E-state index contributed by atoms with van der Waals surface area (Å²) in [7, 11) is 1.28. The quantitative estimate of drug-likeness (QED) is 0.261. The number of hydrogen-bond donors (Lipinski definition) is 2. The zero-order valence-electron chi connectivity index (χ0n) is 22.3. The van der Waals surface area contributed by atoms with Gasteiger partial charge >= 0.3 is 12.1 Å². The molecule has 204 valence electrons. The molecule has 7 nitrogen and oxygen atoms in total. The number of carbonyl (C=O) groups excluding carboxylic acids is 3. The molecule has 2 amide bonds. The van der Waals surface area contributed by atoms with Crippen LogP contribution in [0.1, 0.15) is 16.7 Å². The van der Waals surface area contributed by atoms with Crippen LogP contribution in [0.2, 0.25) is 0 Å². The monoisotopic (exact) mass is 536 g/mol. The SMILES string of the molecule is COC(=O)[C@@H](Cc1ccc(-c2ccccc2)cc1)NC(=O)[C@@H](Cc1ccccc1)NC(=O)OCc1ccccc1. The van der Waals surface area contributed by atoms with Gasteiger partial charge in [0.2, 0.25) is 5.91 Å². The van der Waals surface area contributed by atoms with E-state index in [0.717, 1.165) is 27.8 Å². The first-order valence-corrected chi connectivity index (χ1v) is 13.1. The molecular weight excluding hydrogens is 504 g/mol. The second-order valence-electron chi connectivity index (χ2n) is 9.30. The van der Waals surface area contributed by atoms with Gasteiger partial charge in [-0.2, -0.15) is 0 Å². The van der Waals surface area contributed by atoms with Crippen LogP contribution in [0, 0.1) is 0 Å². The molecule has 0 saturated carbocycles. The fourth-order valence-corrected chi connectivity index (χ4v) is 4.27. The average Bonchev–Trinajstić information content (AvgIpc) is 3.00. The fourth-order valence-electron chi connectivity index (χ4n) is 4.27. The molecular formula is C33H32N2O5. The number of methoxy groups -OCH3 is 1. The molecule has 0 unspecified atom stereocenters. The lowest BCUT2D eigenvalue weighted by Gasteiger charge is -2.22. The lowest BCUT2D eigenvalue weighted by molar-refractivity contribution is -0.145. The van der Waals surface area contributed by atoms with E-state index < -0.39 is 30.1 Å². The van der Waals surface area contributed by atoms with E-state index in [4.69, 9.17) is 9.47 Å². The largest absolute Gasteiger partial charge is 0.467 e. The summed E-state index contributed by atoms with van der Waals surface area (Å²) in [6, 6.07) is 34.4. The maximum absolute atomic E-state index is 13.4. The van der Waals surface area contributed by atoms with Gasteiger partial charge in [0.05, 0.1) is 7.11 Å². The standard InChI is InChI=1S/C33H32N2O5/c1-39-32(37)30(22-25-17-19-28(20-18-25)27-15-9-4-10-16-27)34-31(36)29(21-24-11-5-2-6-12-24)35-33(38)40-23-26-13-7-3-8-14-26/h2-20,29-30H,21-23H2,1H3,(H,34,36)(H,35,38)/t29-,30-/m1/s1. The summed E-state index contributed by atoms with van der Waals surface area (Å²) in [5, 5.41) is 5.44. The number of benzene rings is 4. The van der Waals surface area contributed by atoms with E-state index >= 15 is 0 Å². The highest BCUT2D eigenvalue weighted by molar-refractivity contribution is 5.90. The summed E-state index contributed by atoms with van der Waals surface area (Å²) in [4.78, 5) is 38.7. The molecule has 4 aromatic carbocycles. The third kappa shape index (κ3) is 8.30. The Morgan fingerprint density at radius 3 is 1.70 bits per heavy atom. The second kappa shape index (κ2) is 14.3. The number of ether oxygens (including phenoxy) is 2. The van der Waals surface area contributed by atoms with E-state index in [9.17, 15) is 14.4 Å². The van der Waals surface area contributed by atoms with E-state index in [1.54, 1.807) is 0 Å². The van der Waals surface area contributed by atoms with Crippen molar-refractivity contribution in [3.8, 4) is 11.1 Å². The molecule has 0 fully saturated rings. The van der Waals surface area contributed by atoms with Crippen LogP contribution in [0.15, 0.2) is 115 Å². The zero-order valence-corrected chi connectivity index (χ0v) is 22.3. The van der Waals surface area contributed by atoms with Gasteiger partial charge in [-0.05, 0) is 27.8 Å². The molecule has 4 aromatic rings. The molecule has 7 heteroatoms. The number of nitrogens with one attached hydrogen (secondary N) is 2. The molecule has 0 aromatic heterocycles. The van der Waals surface area contributed by atoms with Crippen LogP contribution in [0.25, 0.3) is 11.1 Å². The van der Waals surface area contributed by atoms with Crippen molar-refractivity contribution in [2.75, 3.05) is 7.11 Å². The van der Waals surface area contributed by atoms with Crippen LogP contribution in [-0.2, 0) is 38.5 Å². The van der Waals surface area contributed by atoms with E-state index in [-0.39, 0.29) is 19.4 Å². The van der Waals surface area contributed by atoms with Gasteiger partial charge in [0.1, 0.15) is 18.7 Å². The Hall–Kier alpha value is -4.91. The number of carbonyl (C=O) groups is 3. The van der Waals surface area contributed by atoms with Crippen molar-refractivity contribution in [3.05, 3.63) is 132 Å². The molecule has 0 radical (unpaired) electrons. The minimum atomic E-state index is -0.974. The summed E-state index contributed by atoms with van der Waals surface area (Å²) < 4.78 is 10.3. The molecule has 0 aliphatic heterocycles. The third-order valence-corrected chi connectivity index (χ3v) is 6.41. The molecule has 4 rings (SSSR count). The Morgan fingerprint density at radius 2 is 1.10 bits per heavy atom. The molecule has 0 spiro atoms. The van der Waals surface area contributed by atoms with Crippen LogP contribution in [0.5, 0.6) is 0 Å². The Bertz CT molecular complexity index is 1380. The molecule has 2 atom stereocenters. The molecule has 0 aliphatic carbocycles. The third-order valence-electron chi connectivity index (χ3n) is 6.41. The van der Waals surface area contributed by atoms with Gasteiger partial charge in [-0.25, -0.2) is 9.59 Å². The van der Waals surface area contributed by atoms with E-state index in [0.29, 0.717) is 0 Å². The van der Waals surface area contributed by atoms with Gasteiger partial charge in [-0.3, -0.25) is 4.79 Å². The van der Waals surface area contributed by atoms with E-state index in [1.165, 1.54) is 7.11 Å². The van der Waals surface area contributed by atoms with Crippen molar-refractivity contribution >= 4 is 18.0 Å². The van der Waals surface area contributed by atoms with Crippen molar-refractivity contribution in [3.63, 3.8) is 0 Å². The minimum absolute atomic E-state index is 0.0656. The van der Waals surface area contributed by atoms with Crippen LogP contribution < -0.4 is 10.6 Å². The molecule has 40 heavy (non-hydrogen) atoms. The van der Waals surface area contributed by atoms with Crippen LogP contribution in [0.4, 0.5) is 4.79 Å². The summed E-state index contributed by atoms with van der Waals surface area (Å²) in [5.41, 5.74) is 4.65. The summed E-state index contributed by atoms with van der Waals surface area (Å²) in [6.07, 6.45) is -0.289. The summed E-state index contributed by atoms with van der Waals surface area (Å²) >= 11 is 0. The van der Waals surface area contributed by atoms with Gasteiger partial charge in [0.15, 0.2) is 0 Å². The number of esters is 1. The molecule has 0 aliphatic rings. The molecule has 0 heterocycles. The summed E-state index contributed by atoms with van der Waals surface area (Å²) in [6.45, 7) is 0.0656. The predicted molar refractivity (Wildman–Crippen MR) is 153 cm³/mol. The van der Waals surface area contributed by atoms with Gasteiger partial charge in [0, 0.05) is 12.8 Å². The Kier molecular flexibility index (Phi) is 10.0. The van der Waals surface area contributed by atoms with E-state index in [1.807, 2.05) is 115 Å². The van der Waals surface area contributed by atoms with Crippen LogP contribution >= 0.6 is 0 Å². The van der Waals surface area contributed by atoms with Crippen molar-refractivity contribution in [1.82, 2.24) is 10.6 Å². The first kappa shape index (κ1) is 28.1. The van der Waals surface area contributed by atoms with Gasteiger partial charge < -0.3 is 20.1 Å². The van der Waals surface area contributed by atoms with Gasteiger partial charge in [0.25, 0.3) is 0 Å². The number of rotatable bonds is 11. The Balaban J connectivity index is 1.45. The minimum Gasteiger partial charge on any atom is -0.467 e. The topological polar surface area (TPSA) is 93.7 Å². The van der Waals surface area contributed by atoms with Crippen LogP contribution in [0.3, 0.4) is 0 Å². The smallest absolute Gasteiger partial charge is 0.408 e. The van der Waals surface area contributed by atoms with Crippen molar-refractivity contribution < 1.29 is 23.9 Å². The second-order valence-corrected chi connectivity index (χ2v) is 9.30. The molecule has 2 N–H and O–H groups in total. The lowest BCUT2D eigenvalue weighted by atomic mass is 10.00. The maximum Gasteiger partial charge on any atom is 0.408 e. The van der Waals surface area contributed by atoms with Crippen molar-refractivity contribution in [1.29, 1.82) is 0 Å². The predicted octanol–water partition coefficient (Wildman–Crippen LogP) is 5.09. The Morgan fingerprint density at radius 1 is 0.600 bits per heavy atom. The first-order chi connectivity index (χ1) is 19.5. The highest BCUT2D eigenvalue weighted by atomic mass is 16.5. The zero-order chi connectivity index (χ0) is 28.2. The summed E-state index contributed by atoms with van der Waals surface area (Å²) in [5.74, 6) is -1.09. The van der Waals surface area contributed by atoms with Crippen molar-refractivity contribution in [2.24, 2.45) is 0 Å². The maximum atomic E-state index is 13.4. The van der Waals surface area contributed by atoms with E-state index in [2.05, 4.69) is 10.6 Å². The molecule has 0 bridgehead atoms. The highest BCUT2D eigenvalue weighted by Crippen LogP contribution is 2.20. The Labute approximate surface area is 234 Å². The van der Waals surface area contributed by atoms with Gasteiger partial charge in [-0.15, -0.1) is 0 Å². The number of amides is 2. The fraction of sp³-hybridized carbons (Fsp3) is 0.182. The molecule has 0 saturated heterocycles. The van der Waals surface area contributed by atoms with Crippen molar-refractivity contribution in [2.45, 2.75) is 31.5 Å². The van der Waals surface area contributed by atoms with Crippen LogP contribution in [-0.4, -0.2) is 37.2 Å². The van der Waals surface area contributed by atoms with Gasteiger partial charge in [-0.1, -0.05) is 115 Å². The normalized spacial score (nSPS) is 12.0. The highest BCUT2D eigenvalue weighted by Gasteiger charge is 2.28. The first-order valence-electron chi connectivity index (χ1n) is 13.1. The number of hydrogen-bond acceptors (Lipinski definition) is 5. The average molecular weight is 537 g/mol. The number of alkyl carbamates (subject to hydrolysis) is 1.